The standard InChI is InChI=1S/C14H12Cl2N4S3/c1-6(23-14-19-10(17)4-11(20-14)21-2)9-3-7-8(15)5-22-12(7)13(16)18-9/h3-6H,1-2H3,(H2,17,19,20). The highest BCUT2D eigenvalue weighted by molar-refractivity contribution is 7.99. The number of nitrogen functional groups attached to an aromatic ring is 1. The van der Waals surface area contributed by atoms with Crippen molar-refractivity contribution in [1.82, 2.24) is 15.0 Å². The third-order valence-electron chi connectivity index (χ3n) is 3.10. The van der Waals surface area contributed by atoms with E-state index in [4.69, 9.17) is 28.9 Å². The van der Waals surface area contributed by atoms with Crippen molar-refractivity contribution >= 4 is 74.0 Å². The molecule has 1 atom stereocenters. The first-order chi connectivity index (χ1) is 11.0. The van der Waals surface area contributed by atoms with E-state index in [-0.39, 0.29) is 5.25 Å². The van der Waals surface area contributed by atoms with Crippen LogP contribution in [0.3, 0.4) is 0 Å². The van der Waals surface area contributed by atoms with E-state index in [0.717, 1.165) is 20.8 Å². The van der Waals surface area contributed by atoms with E-state index in [1.165, 1.54) is 34.9 Å². The molecule has 0 fully saturated rings. The van der Waals surface area contributed by atoms with Gasteiger partial charge in [0, 0.05) is 16.8 Å². The smallest absolute Gasteiger partial charge is 0.191 e. The Labute approximate surface area is 156 Å². The first-order valence-electron chi connectivity index (χ1n) is 6.56. The molecule has 0 aliphatic heterocycles. The highest BCUT2D eigenvalue weighted by atomic mass is 35.5. The number of pyridine rings is 1. The van der Waals surface area contributed by atoms with Crippen LogP contribution in [0.4, 0.5) is 5.82 Å². The lowest BCUT2D eigenvalue weighted by atomic mass is 10.2. The lowest BCUT2D eigenvalue weighted by Crippen LogP contribution is -1.99. The number of fused-ring (bicyclic) bond motifs is 1. The van der Waals surface area contributed by atoms with Gasteiger partial charge in [0.2, 0.25) is 0 Å². The Balaban J connectivity index is 1.93. The van der Waals surface area contributed by atoms with Gasteiger partial charge in [0.15, 0.2) is 5.16 Å². The van der Waals surface area contributed by atoms with E-state index in [1.807, 2.05) is 24.6 Å². The second kappa shape index (κ2) is 7.03. The fraction of sp³-hybridized carbons (Fsp3) is 0.214. The third-order valence-corrected chi connectivity index (χ3v) is 6.54. The summed E-state index contributed by atoms with van der Waals surface area (Å²) in [5.41, 5.74) is 6.66. The predicted molar refractivity (Wildman–Crippen MR) is 102 cm³/mol. The van der Waals surface area contributed by atoms with Gasteiger partial charge in [0.1, 0.15) is 16.0 Å². The number of nitrogens with two attached hydrogens (primary N) is 1. The van der Waals surface area contributed by atoms with Crippen molar-refractivity contribution in [2.75, 3.05) is 12.0 Å². The van der Waals surface area contributed by atoms with Crippen molar-refractivity contribution in [2.45, 2.75) is 22.4 Å². The molecule has 1 unspecified atom stereocenters. The monoisotopic (exact) mass is 402 g/mol. The minimum Gasteiger partial charge on any atom is -0.384 e. The average Bonchev–Trinajstić information content (AvgIpc) is 2.88. The van der Waals surface area contributed by atoms with E-state index in [1.54, 1.807) is 6.07 Å². The second-order valence-corrected chi connectivity index (χ2v) is 8.46. The molecule has 0 saturated heterocycles. The normalized spacial score (nSPS) is 12.7. The van der Waals surface area contributed by atoms with Crippen molar-refractivity contribution in [3.8, 4) is 0 Å². The maximum absolute atomic E-state index is 6.27. The van der Waals surface area contributed by atoms with E-state index < -0.39 is 0 Å². The van der Waals surface area contributed by atoms with E-state index in [9.17, 15) is 0 Å². The largest absolute Gasteiger partial charge is 0.384 e. The fourth-order valence-electron chi connectivity index (χ4n) is 1.99. The Morgan fingerprint density at radius 2 is 2.00 bits per heavy atom. The van der Waals surface area contributed by atoms with Crippen LogP contribution in [0, 0.1) is 0 Å². The summed E-state index contributed by atoms with van der Waals surface area (Å²) in [5.74, 6) is 0.460. The first-order valence-corrected chi connectivity index (χ1v) is 10.3. The highest BCUT2D eigenvalue weighted by Gasteiger charge is 2.16. The summed E-state index contributed by atoms with van der Waals surface area (Å²) in [7, 11) is 0. The second-order valence-electron chi connectivity index (χ2n) is 4.68. The number of nitrogens with zero attached hydrogens (tertiary/aromatic N) is 3. The Hall–Kier alpha value is -0.730. The molecule has 0 bridgehead atoms. The molecule has 2 N–H and O–H groups in total. The van der Waals surface area contributed by atoms with Crippen LogP contribution in [0.1, 0.15) is 17.9 Å². The Morgan fingerprint density at radius 1 is 1.22 bits per heavy atom. The molecule has 9 heteroatoms. The predicted octanol–water partition coefficient (Wildman–Crippen LogP) is 5.55. The zero-order valence-electron chi connectivity index (χ0n) is 12.2. The molecular formula is C14H12Cl2N4S3. The fourth-order valence-corrected chi connectivity index (χ4v) is 4.79. The maximum Gasteiger partial charge on any atom is 0.191 e. The molecule has 0 aliphatic carbocycles. The average molecular weight is 403 g/mol. The zero-order valence-corrected chi connectivity index (χ0v) is 16.2. The molecular weight excluding hydrogens is 391 g/mol. The van der Waals surface area contributed by atoms with Gasteiger partial charge in [-0.25, -0.2) is 15.0 Å². The van der Waals surface area contributed by atoms with Gasteiger partial charge < -0.3 is 5.73 Å². The number of thiophene rings is 1. The van der Waals surface area contributed by atoms with Crippen LogP contribution < -0.4 is 5.73 Å². The van der Waals surface area contributed by atoms with Crippen LogP contribution in [0.2, 0.25) is 10.2 Å². The van der Waals surface area contributed by atoms with Crippen LogP contribution in [-0.2, 0) is 0 Å². The zero-order chi connectivity index (χ0) is 16.6. The Kier molecular flexibility index (Phi) is 5.22. The number of hydrogen-bond acceptors (Lipinski definition) is 7. The molecule has 3 aromatic rings. The van der Waals surface area contributed by atoms with Crippen LogP contribution in [0.25, 0.3) is 10.1 Å². The minimum absolute atomic E-state index is 0.0179. The van der Waals surface area contributed by atoms with Crippen molar-refractivity contribution in [3.05, 3.63) is 33.4 Å². The van der Waals surface area contributed by atoms with Gasteiger partial charge in [-0.1, -0.05) is 35.0 Å². The SMILES string of the molecule is CSc1cc(N)nc(SC(C)c2cc3c(Cl)csc3c(Cl)n2)n1. The summed E-state index contributed by atoms with van der Waals surface area (Å²) in [4.78, 5) is 13.2. The Bertz CT molecular complexity index is 869. The number of rotatable bonds is 4. The molecule has 0 spiro atoms. The number of anilines is 1. The van der Waals surface area contributed by atoms with Gasteiger partial charge in [0.05, 0.1) is 20.7 Å². The molecule has 0 aromatic carbocycles. The van der Waals surface area contributed by atoms with Crippen LogP contribution in [0.5, 0.6) is 0 Å². The number of thioether (sulfide) groups is 2. The summed E-state index contributed by atoms with van der Waals surface area (Å²) in [6, 6.07) is 3.73. The molecule has 3 rings (SSSR count). The van der Waals surface area contributed by atoms with E-state index in [0.29, 0.717) is 21.2 Å². The summed E-state index contributed by atoms with van der Waals surface area (Å²) < 4.78 is 0.905. The van der Waals surface area contributed by atoms with Crippen molar-refractivity contribution in [3.63, 3.8) is 0 Å². The maximum atomic E-state index is 6.27. The van der Waals surface area contributed by atoms with Crippen molar-refractivity contribution < 1.29 is 0 Å². The highest BCUT2D eigenvalue weighted by Crippen LogP contribution is 2.39. The van der Waals surface area contributed by atoms with Gasteiger partial charge in [-0.15, -0.1) is 23.1 Å². The topological polar surface area (TPSA) is 64.7 Å². The Morgan fingerprint density at radius 3 is 2.74 bits per heavy atom. The summed E-state index contributed by atoms with van der Waals surface area (Å²) in [6.07, 6.45) is 1.95. The first kappa shape index (κ1) is 17.1. The molecule has 0 amide bonds. The molecule has 3 aromatic heterocycles. The number of hydrogen-bond donors (Lipinski definition) is 1. The molecule has 0 radical (unpaired) electrons. The number of aromatic nitrogens is 3. The molecule has 0 saturated carbocycles. The molecule has 120 valence electrons. The lowest BCUT2D eigenvalue weighted by Gasteiger charge is -2.11. The van der Waals surface area contributed by atoms with Crippen molar-refractivity contribution in [1.29, 1.82) is 0 Å². The van der Waals surface area contributed by atoms with Gasteiger partial charge in [-0.05, 0) is 19.2 Å². The molecule has 4 nitrogen and oxygen atoms in total. The lowest BCUT2D eigenvalue weighted by molar-refractivity contribution is 0.889. The third kappa shape index (κ3) is 3.69. The quantitative estimate of drug-likeness (QED) is 0.267. The van der Waals surface area contributed by atoms with Crippen molar-refractivity contribution in [2.24, 2.45) is 0 Å². The van der Waals surface area contributed by atoms with Gasteiger partial charge in [-0.2, -0.15) is 0 Å². The summed E-state index contributed by atoms with van der Waals surface area (Å²) in [6.45, 7) is 2.03. The van der Waals surface area contributed by atoms with Crippen LogP contribution >= 0.6 is 58.1 Å². The van der Waals surface area contributed by atoms with Gasteiger partial charge in [-0.3, -0.25) is 0 Å². The van der Waals surface area contributed by atoms with E-state index >= 15 is 0 Å². The number of halogens is 2. The van der Waals surface area contributed by atoms with Crippen LogP contribution in [0.15, 0.2) is 27.7 Å². The molecule has 0 aliphatic rings. The molecule has 3 heterocycles. The van der Waals surface area contributed by atoms with E-state index in [2.05, 4.69) is 15.0 Å². The summed E-state index contributed by atoms with van der Waals surface area (Å²) >= 11 is 17.0. The minimum atomic E-state index is 0.0179. The van der Waals surface area contributed by atoms with Gasteiger partial charge in [0.25, 0.3) is 0 Å². The van der Waals surface area contributed by atoms with Gasteiger partial charge >= 0.3 is 0 Å². The molecule has 23 heavy (non-hydrogen) atoms. The summed E-state index contributed by atoms with van der Waals surface area (Å²) in [5, 5.41) is 5.44. The van der Waals surface area contributed by atoms with Crippen LogP contribution in [-0.4, -0.2) is 21.2 Å².